The summed E-state index contributed by atoms with van der Waals surface area (Å²) < 4.78 is 24.4. The Hall–Kier alpha value is -2.43. The van der Waals surface area contributed by atoms with Crippen LogP contribution in [0.2, 0.25) is 0 Å². The zero-order chi connectivity index (χ0) is 22.0. The van der Waals surface area contributed by atoms with Gasteiger partial charge in [-0.15, -0.1) is 4.36 Å². The third-order valence-electron chi connectivity index (χ3n) is 6.35. The van der Waals surface area contributed by atoms with Gasteiger partial charge in [-0.1, -0.05) is 6.07 Å². The van der Waals surface area contributed by atoms with E-state index in [0.717, 1.165) is 48.8 Å². The van der Waals surface area contributed by atoms with Gasteiger partial charge >= 0.3 is 6.03 Å². The predicted molar refractivity (Wildman–Crippen MR) is 116 cm³/mol. The molecule has 1 aliphatic heterocycles. The molecule has 2 amide bonds. The van der Waals surface area contributed by atoms with Crippen molar-refractivity contribution < 1.29 is 18.8 Å². The van der Waals surface area contributed by atoms with E-state index in [9.17, 15) is 14.1 Å². The number of hydrogen-bond acceptors (Lipinski definition) is 5. The molecule has 2 aliphatic carbocycles. The first-order valence-electron chi connectivity index (χ1n) is 10.6. The quantitative estimate of drug-likeness (QED) is 0.668. The first kappa shape index (κ1) is 20.5. The standard InChI is InChI=1S/C21H27N5O4S/c1-21(2)11-26-19(30-21)16(9-23-26)31(22,29)25-20(28)24-18-15-5-3-4-12(15)8-13-6-7-14(10-27)17(13)18/h8-9,14,27H,3-7,10-11H2,1-2H3,(H3,22,24,25,28,29)/t14-,31-/m0/s1. The van der Waals surface area contributed by atoms with Gasteiger partial charge in [0.05, 0.1) is 19.3 Å². The first-order valence-corrected chi connectivity index (χ1v) is 12.2. The number of aryl methyl sites for hydroxylation is 2. The zero-order valence-electron chi connectivity index (χ0n) is 17.7. The normalized spacial score (nSPS) is 22.3. The fourth-order valence-electron chi connectivity index (χ4n) is 5.03. The molecule has 9 nitrogen and oxygen atoms in total. The fraction of sp³-hybridized carbons (Fsp3) is 0.524. The lowest BCUT2D eigenvalue weighted by Gasteiger charge is -2.18. The van der Waals surface area contributed by atoms with Crippen molar-refractivity contribution in [3.63, 3.8) is 0 Å². The minimum atomic E-state index is -3.55. The highest BCUT2D eigenvalue weighted by Gasteiger charge is 2.36. The summed E-state index contributed by atoms with van der Waals surface area (Å²) in [4.78, 5) is 13.0. The van der Waals surface area contributed by atoms with Crippen LogP contribution in [0.25, 0.3) is 0 Å². The lowest BCUT2D eigenvalue weighted by atomic mass is 9.94. The lowest BCUT2D eigenvalue weighted by molar-refractivity contribution is 0.132. The van der Waals surface area contributed by atoms with E-state index in [-0.39, 0.29) is 23.3 Å². The van der Waals surface area contributed by atoms with Gasteiger partial charge in [-0.2, -0.15) is 5.10 Å². The van der Waals surface area contributed by atoms with Crippen molar-refractivity contribution >= 4 is 21.6 Å². The Morgan fingerprint density at radius 1 is 1.42 bits per heavy atom. The number of amides is 2. The number of nitrogens with zero attached hydrogens (tertiary/aromatic N) is 3. The minimum Gasteiger partial charge on any atom is -0.469 e. The summed E-state index contributed by atoms with van der Waals surface area (Å²) in [6.45, 7) is 4.30. The second-order valence-electron chi connectivity index (χ2n) is 9.16. The highest BCUT2D eigenvalue weighted by Crippen LogP contribution is 2.44. The molecule has 0 radical (unpaired) electrons. The Morgan fingerprint density at radius 3 is 3.00 bits per heavy atom. The van der Waals surface area contributed by atoms with Crippen LogP contribution in [0.3, 0.4) is 0 Å². The summed E-state index contributed by atoms with van der Waals surface area (Å²) in [6, 6.07) is 1.44. The van der Waals surface area contributed by atoms with Gasteiger partial charge in [0.2, 0.25) is 5.88 Å². The van der Waals surface area contributed by atoms with Crippen LogP contribution in [-0.4, -0.2) is 37.3 Å². The van der Waals surface area contributed by atoms with Crippen molar-refractivity contribution in [2.24, 2.45) is 9.50 Å². The van der Waals surface area contributed by atoms with Crippen LogP contribution >= 0.6 is 0 Å². The molecule has 1 aromatic heterocycles. The van der Waals surface area contributed by atoms with E-state index in [4.69, 9.17) is 9.88 Å². The predicted octanol–water partition coefficient (Wildman–Crippen LogP) is 2.50. The Balaban J connectivity index is 1.50. The zero-order valence-corrected chi connectivity index (χ0v) is 18.5. The molecule has 3 aliphatic rings. The number of carbonyl (C=O) groups is 1. The third kappa shape index (κ3) is 3.42. The summed E-state index contributed by atoms with van der Waals surface area (Å²) in [5.74, 6) is 0.267. The van der Waals surface area contributed by atoms with Gasteiger partial charge in [-0.25, -0.2) is 18.8 Å². The number of nitrogens with two attached hydrogens (primary N) is 1. The Labute approximate surface area is 181 Å². The number of ether oxygens (including phenoxy) is 1. The summed E-state index contributed by atoms with van der Waals surface area (Å²) >= 11 is 0. The SMILES string of the molecule is CC1(C)Cn2ncc([S@@](N)(=O)=NC(=O)Nc3c4c(cc5c3[C@H](CO)CC5)CCC4)c2O1. The number of rotatable bonds is 3. The molecule has 10 heteroatoms. The van der Waals surface area contributed by atoms with E-state index in [1.54, 1.807) is 4.68 Å². The summed E-state index contributed by atoms with van der Waals surface area (Å²) in [6.07, 6.45) is 5.91. The molecular weight excluding hydrogens is 418 g/mol. The number of carbonyl (C=O) groups excluding carboxylic acids is 1. The van der Waals surface area contributed by atoms with Crippen LogP contribution in [0, 0.1) is 0 Å². The first-order chi connectivity index (χ1) is 14.7. The molecule has 31 heavy (non-hydrogen) atoms. The second-order valence-corrected chi connectivity index (χ2v) is 10.9. The largest absolute Gasteiger partial charge is 0.469 e. The number of aliphatic hydroxyl groups excluding tert-OH is 1. The Morgan fingerprint density at radius 2 is 2.23 bits per heavy atom. The van der Waals surface area contributed by atoms with Crippen LogP contribution in [0.5, 0.6) is 5.88 Å². The van der Waals surface area contributed by atoms with Gasteiger partial charge in [0.15, 0.2) is 9.92 Å². The lowest BCUT2D eigenvalue weighted by Crippen LogP contribution is -2.27. The Kier molecular flexibility index (Phi) is 4.65. The molecule has 2 heterocycles. The number of hydrogen-bond donors (Lipinski definition) is 3. The summed E-state index contributed by atoms with van der Waals surface area (Å²) in [5, 5.41) is 22.9. The molecule has 1 aromatic carbocycles. The average Bonchev–Trinajstić information content (AvgIpc) is 3.42. The maximum Gasteiger partial charge on any atom is 0.354 e. The van der Waals surface area contributed by atoms with E-state index in [1.807, 2.05) is 13.8 Å². The van der Waals surface area contributed by atoms with Gasteiger partial charge in [-0.3, -0.25) is 0 Å². The number of anilines is 1. The molecule has 0 unspecified atom stereocenters. The van der Waals surface area contributed by atoms with Crippen molar-refractivity contribution in [3.8, 4) is 5.88 Å². The minimum absolute atomic E-state index is 0.0204. The molecule has 0 saturated heterocycles. The number of urea groups is 1. The summed E-state index contributed by atoms with van der Waals surface area (Å²) in [7, 11) is -3.55. The van der Waals surface area contributed by atoms with Gasteiger partial charge in [0, 0.05) is 11.6 Å². The van der Waals surface area contributed by atoms with Crippen molar-refractivity contribution in [1.82, 2.24) is 9.78 Å². The number of nitrogens with one attached hydrogen (secondary N) is 1. The molecule has 2 aromatic rings. The van der Waals surface area contributed by atoms with Crippen LogP contribution < -0.4 is 15.2 Å². The molecule has 4 N–H and O–H groups in total. The van der Waals surface area contributed by atoms with Crippen molar-refractivity contribution in [2.75, 3.05) is 11.9 Å². The monoisotopic (exact) mass is 445 g/mol. The van der Waals surface area contributed by atoms with Gasteiger partial charge < -0.3 is 15.2 Å². The maximum atomic E-state index is 13.2. The van der Waals surface area contributed by atoms with Gasteiger partial charge in [0.1, 0.15) is 10.5 Å². The molecule has 2 atom stereocenters. The average molecular weight is 446 g/mol. The Bertz CT molecular complexity index is 1210. The van der Waals surface area contributed by atoms with Gasteiger partial charge in [0.25, 0.3) is 0 Å². The number of aliphatic hydroxyl groups is 1. The molecule has 0 fully saturated rings. The molecule has 5 rings (SSSR count). The van der Waals surface area contributed by atoms with Crippen molar-refractivity contribution in [2.45, 2.75) is 68.9 Å². The molecule has 166 valence electrons. The van der Waals surface area contributed by atoms with Gasteiger partial charge in [-0.05, 0) is 68.2 Å². The van der Waals surface area contributed by atoms with Crippen molar-refractivity contribution in [3.05, 3.63) is 34.5 Å². The van der Waals surface area contributed by atoms with Crippen LogP contribution in [0.15, 0.2) is 21.5 Å². The second kappa shape index (κ2) is 7.04. The molecule has 0 bridgehead atoms. The topological polar surface area (TPSA) is 132 Å². The van der Waals surface area contributed by atoms with Crippen LogP contribution in [0.4, 0.5) is 10.5 Å². The smallest absolute Gasteiger partial charge is 0.354 e. The highest BCUT2D eigenvalue weighted by molar-refractivity contribution is 7.91. The maximum absolute atomic E-state index is 13.2. The number of aromatic nitrogens is 2. The van der Waals surface area contributed by atoms with Crippen molar-refractivity contribution in [1.29, 1.82) is 0 Å². The van der Waals surface area contributed by atoms with Crippen LogP contribution in [0.1, 0.15) is 54.9 Å². The molecule has 0 saturated carbocycles. The van der Waals surface area contributed by atoms with E-state index in [0.29, 0.717) is 12.2 Å². The van der Waals surface area contributed by atoms with E-state index >= 15 is 0 Å². The molecular formula is C21H27N5O4S. The number of benzene rings is 1. The van der Waals surface area contributed by atoms with E-state index < -0.39 is 21.5 Å². The van der Waals surface area contributed by atoms with E-state index in [2.05, 4.69) is 20.8 Å². The third-order valence-corrected chi connectivity index (χ3v) is 7.69. The fourth-order valence-corrected chi connectivity index (χ4v) is 6.01. The summed E-state index contributed by atoms with van der Waals surface area (Å²) in [5.41, 5.74) is 4.66. The van der Waals surface area contributed by atoms with E-state index in [1.165, 1.54) is 11.8 Å². The highest BCUT2D eigenvalue weighted by atomic mass is 32.2. The van der Waals surface area contributed by atoms with Crippen LogP contribution in [-0.2, 0) is 35.7 Å². The molecule has 0 spiro atoms. The number of fused-ring (bicyclic) bond motifs is 3.